The van der Waals surface area contributed by atoms with E-state index < -0.39 is 0 Å². The molecule has 8 nitrogen and oxygen atoms in total. The fourth-order valence-electron chi connectivity index (χ4n) is 1.88. The molecule has 2 rings (SSSR count). The molecule has 0 bridgehead atoms. The Morgan fingerprint density at radius 2 is 2.14 bits per heavy atom. The van der Waals surface area contributed by atoms with E-state index in [4.69, 9.17) is 5.84 Å². The molecule has 2 aromatic heterocycles. The fourth-order valence-corrected chi connectivity index (χ4v) is 1.88. The van der Waals surface area contributed by atoms with Crippen LogP contribution in [0.25, 0.3) is 0 Å². The van der Waals surface area contributed by atoms with Crippen LogP contribution >= 0.6 is 0 Å². The number of anilines is 2. The van der Waals surface area contributed by atoms with Crippen LogP contribution in [0.2, 0.25) is 0 Å². The monoisotopic (exact) mass is 289 g/mol. The summed E-state index contributed by atoms with van der Waals surface area (Å²) in [5, 5.41) is 4.17. The Hall–Kier alpha value is -2.48. The van der Waals surface area contributed by atoms with Crippen LogP contribution < -0.4 is 21.7 Å². The quantitative estimate of drug-likeness (QED) is 0.579. The number of nitrogens with one attached hydrogen (secondary N) is 1. The average molecular weight is 289 g/mol. The number of hydrogen-bond acceptors (Lipinski definition) is 7. The lowest BCUT2D eigenvalue weighted by molar-refractivity contribution is 0.624. The zero-order valence-corrected chi connectivity index (χ0v) is 12.2. The molecule has 0 atom stereocenters. The van der Waals surface area contributed by atoms with Crippen molar-refractivity contribution in [2.24, 2.45) is 5.84 Å². The molecule has 0 aliphatic carbocycles. The van der Waals surface area contributed by atoms with Gasteiger partial charge in [-0.25, -0.2) is 15.5 Å². The van der Waals surface area contributed by atoms with Crippen LogP contribution in [0.15, 0.2) is 29.5 Å². The van der Waals surface area contributed by atoms with E-state index in [9.17, 15) is 4.79 Å². The summed E-state index contributed by atoms with van der Waals surface area (Å²) >= 11 is 0. The molecule has 21 heavy (non-hydrogen) atoms. The number of aromatic nitrogens is 4. The lowest BCUT2D eigenvalue weighted by Crippen LogP contribution is -2.26. The van der Waals surface area contributed by atoms with Crippen LogP contribution in [0.5, 0.6) is 0 Å². The highest BCUT2D eigenvalue weighted by molar-refractivity contribution is 5.41. The molecule has 0 spiro atoms. The number of nitrogen functional groups attached to an aromatic ring is 1. The summed E-state index contributed by atoms with van der Waals surface area (Å²) in [5.41, 5.74) is 3.68. The van der Waals surface area contributed by atoms with E-state index in [-0.39, 0.29) is 12.1 Å². The van der Waals surface area contributed by atoms with E-state index in [0.717, 1.165) is 18.7 Å². The second-order valence-electron chi connectivity index (χ2n) is 4.67. The first-order valence-electron chi connectivity index (χ1n) is 6.70. The van der Waals surface area contributed by atoms with Crippen LogP contribution in [-0.4, -0.2) is 33.3 Å². The fraction of sp³-hybridized carbons (Fsp3) is 0.385. The van der Waals surface area contributed by atoms with Gasteiger partial charge in [0.05, 0.1) is 36.5 Å². The maximum atomic E-state index is 12.1. The Kier molecular flexibility index (Phi) is 4.83. The molecule has 112 valence electrons. The minimum Gasteiger partial charge on any atom is -0.373 e. The Morgan fingerprint density at radius 3 is 2.71 bits per heavy atom. The summed E-state index contributed by atoms with van der Waals surface area (Å²) in [6, 6.07) is 1.58. The van der Waals surface area contributed by atoms with Crippen molar-refractivity contribution in [1.29, 1.82) is 0 Å². The Balaban J connectivity index is 2.15. The third kappa shape index (κ3) is 3.76. The Morgan fingerprint density at radius 1 is 1.33 bits per heavy atom. The second-order valence-corrected chi connectivity index (χ2v) is 4.67. The predicted molar refractivity (Wildman–Crippen MR) is 81.0 cm³/mol. The van der Waals surface area contributed by atoms with Crippen molar-refractivity contribution in [2.45, 2.75) is 19.9 Å². The summed E-state index contributed by atoms with van der Waals surface area (Å²) in [7, 11) is 1.94. The number of hydrazine groups is 1. The molecule has 0 unspecified atom stereocenters. The standard InChI is InChI=1S/C13H19N7O/c1-3-4-19(2)11-5-13(21)20(17-7-11)9-10-6-16-12(18-14)8-15-10/h5-8H,3-4,9,14H2,1-2H3,(H,16,18). The van der Waals surface area contributed by atoms with Gasteiger partial charge in [-0.15, -0.1) is 0 Å². The molecule has 0 radical (unpaired) electrons. The molecule has 0 saturated heterocycles. The molecule has 2 heterocycles. The summed E-state index contributed by atoms with van der Waals surface area (Å²) in [6.45, 7) is 3.24. The van der Waals surface area contributed by atoms with Crippen molar-refractivity contribution in [3.63, 3.8) is 0 Å². The van der Waals surface area contributed by atoms with Gasteiger partial charge in [-0.05, 0) is 6.42 Å². The molecule has 0 fully saturated rings. The van der Waals surface area contributed by atoms with Crippen LogP contribution in [0.4, 0.5) is 11.5 Å². The van der Waals surface area contributed by atoms with E-state index in [0.29, 0.717) is 11.5 Å². The summed E-state index contributed by atoms with van der Waals surface area (Å²) < 4.78 is 1.35. The smallest absolute Gasteiger partial charge is 0.269 e. The zero-order valence-electron chi connectivity index (χ0n) is 12.2. The Labute approximate surface area is 122 Å². The van der Waals surface area contributed by atoms with Crippen molar-refractivity contribution in [1.82, 2.24) is 19.7 Å². The van der Waals surface area contributed by atoms with Gasteiger partial charge in [-0.3, -0.25) is 9.78 Å². The highest BCUT2D eigenvalue weighted by Gasteiger charge is 2.06. The van der Waals surface area contributed by atoms with Gasteiger partial charge < -0.3 is 10.3 Å². The first-order chi connectivity index (χ1) is 10.1. The predicted octanol–water partition coefficient (Wildman–Crippen LogP) is 0.213. The van der Waals surface area contributed by atoms with Gasteiger partial charge in [0.15, 0.2) is 5.82 Å². The molecule has 0 aliphatic heterocycles. The first-order valence-corrected chi connectivity index (χ1v) is 6.70. The maximum absolute atomic E-state index is 12.1. The van der Waals surface area contributed by atoms with E-state index >= 15 is 0 Å². The van der Waals surface area contributed by atoms with Crippen LogP contribution in [0, 0.1) is 0 Å². The van der Waals surface area contributed by atoms with Crippen LogP contribution in [-0.2, 0) is 6.54 Å². The zero-order chi connectivity index (χ0) is 15.2. The highest BCUT2D eigenvalue weighted by Crippen LogP contribution is 2.07. The normalized spacial score (nSPS) is 10.4. The van der Waals surface area contributed by atoms with Gasteiger partial charge in [-0.2, -0.15) is 5.10 Å². The van der Waals surface area contributed by atoms with Crippen LogP contribution in [0.3, 0.4) is 0 Å². The topological polar surface area (TPSA) is 102 Å². The van der Waals surface area contributed by atoms with E-state index in [1.54, 1.807) is 18.5 Å². The van der Waals surface area contributed by atoms with E-state index in [1.807, 2.05) is 11.9 Å². The molecule has 0 saturated carbocycles. The number of hydrogen-bond donors (Lipinski definition) is 2. The van der Waals surface area contributed by atoms with Crippen molar-refractivity contribution >= 4 is 11.5 Å². The molecule has 8 heteroatoms. The van der Waals surface area contributed by atoms with Crippen molar-refractivity contribution in [3.8, 4) is 0 Å². The maximum Gasteiger partial charge on any atom is 0.269 e. The van der Waals surface area contributed by atoms with Gasteiger partial charge in [0.2, 0.25) is 0 Å². The van der Waals surface area contributed by atoms with E-state index in [2.05, 4.69) is 27.4 Å². The van der Waals surface area contributed by atoms with Crippen molar-refractivity contribution in [2.75, 3.05) is 23.9 Å². The number of rotatable bonds is 6. The molecular formula is C13H19N7O. The van der Waals surface area contributed by atoms with Crippen molar-refractivity contribution in [3.05, 3.63) is 40.7 Å². The molecular weight excluding hydrogens is 270 g/mol. The number of nitrogens with zero attached hydrogens (tertiary/aromatic N) is 5. The minimum absolute atomic E-state index is 0.168. The summed E-state index contributed by atoms with van der Waals surface area (Å²) in [4.78, 5) is 22.3. The Bertz CT molecular complexity index is 638. The van der Waals surface area contributed by atoms with Gasteiger partial charge in [0.1, 0.15) is 0 Å². The van der Waals surface area contributed by atoms with Gasteiger partial charge in [0.25, 0.3) is 5.56 Å². The van der Waals surface area contributed by atoms with Gasteiger partial charge in [-0.1, -0.05) is 6.92 Å². The molecule has 0 aromatic carbocycles. The van der Waals surface area contributed by atoms with Gasteiger partial charge >= 0.3 is 0 Å². The van der Waals surface area contributed by atoms with Crippen LogP contribution in [0.1, 0.15) is 19.0 Å². The second kappa shape index (κ2) is 6.80. The SMILES string of the molecule is CCCN(C)c1cnn(Cc2cnc(NN)cn2)c(=O)c1. The van der Waals surface area contributed by atoms with Gasteiger partial charge in [0, 0.05) is 19.7 Å². The molecule has 0 aliphatic rings. The largest absolute Gasteiger partial charge is 0.373 e. The minimum atomic E-state index is -0.168. The summed E-state index contributed by atoms with van der Waals surface area (Å²) in [6.07, 6.45) is 5.75. The molecule has 2 aromatic rings. The highest BCUT2D eigenvalue weighted by atomic mass is 16.1. The lowest BCUT2D eigenvalue weighted by atomic mass is 10.3. The summed E-state index contributed by atoms with van der Waals surface area (Å²) in [5.74, 6) is 5.69. The van der Waals surface area contributed by atoms with Crippen molar-refractivity contribution < 1.29 is 0 Å². The van der Waals surface area contributed by atoms with E-state index in [1.165, 1.54) is 10.9 Å². The lowest BCUT2D eigenvalue weighted by Gasteiger charge is -2.17. The third-order valence-corrected chi connectivity index (χ3v) is 3.02. The first kappa shape index (κ1) is 14.9. The molecule has 3 N–H and O–H groups in total. The number of nitrogens with two attached hydrogens (primary N) is 1. The molecule has 0 amide bonds. The average Bonchev–Trinajstić information content (AvgIpc) is 2.50. The third-order valence-electron chi connectivity index (χ3n) is 3.02.